The van der Waals surface area contributed by atoms with Crippen LogP contribution in [-0.2, 0) is 0 Å². The Labute approximate surface area is 179 Å². The minimum atomic E-state index is 0.302. The third-order valence-corrected chi connectivity index (χ3v) is 5.94. The number of hydrogen-bond acceptors (Lipinski definition) is 8. The molecule has 1 fully saturated rings. The largest absolute Gasteiger partial charge is 0.493 e. The summed E-state index contributed by atoms with van der Waals surface area (Å²) in [5.74, 6) is 2.56. The Morgan fingerprint density at radius 1 is 0.903 bits per heavy atom. The molecule has 5 rings (SSSR count). The maximum absolute atomic E-state index is 5.63. The van der Waals surface area contributed by atoms with Gasteiger partial charge in [-0.25, -0.2) is 4.68 Å². The molecule has 0 bridgehead atoms. The zero-order valence-electron chi connectivity index (χ0n) is 17.8. The van der Waals surface area contributed by atoms with Gasteiger partial charge in [0, 0.05) is 18.5 Å². The van der Waals surface area contributed by atoms with Gasteiger partial charge in [-0.05, 0) is 31.0 Å². The number of benzene rings is 2. The number of methoxy groups -OCH3 is 3. The Morgan fingerprint density at radius 2 is 1.68 bits per heavy atom. The fourth-order valence-electron chi connectivity index (χ4n) is 4.40. The molecular weight excluding hydrogens is 396 g/mol. The second-order valence-electron chi connectivity index (χ2n) is 7.52. The average Bonchev–Trinajstić information content (AvgIpc) is 3.26. The summed E-state index contributed by atoms with van der Waals surface area (Å²) in [7, 11) is 4.83. The molecule has 3 heterocycles. The number of aromatic nitrogens is 5. The van der Waals surface area contributed by atoms with Gasteiger partial charge in [0.15, 0.2) is 17.3 Å². The Kier molecular flexibility index (Phi) is 4.93. The van der Waals surface area contributed by atoms with Crippen LogP contribution in [0.5, 0.6) is 17.2 Å². The molecule has 0 unspecified atom stereocenters. The van der Waals surface area contributed by atoms with Crippen molar-refractivity contribution in [3.05, 3.63) is 36.5 Å². The van der Waals surface area contributed by atoms with Gasteiger partial charge in [0.1, 0.15) is 5.52 Å². The van der Waals surface area contributed by atoms with Crippen molar-refractivity contribution in [2.24, 2.45) is 0 Å². The standard InChI is InChI=1S/C22H24N6O3/c1-29-19-12-15-16(20(30-2)21(19)31-3)13-23-25-22(15)27-10-8-14(9-11-27)28-18-7-5-4-6-17(18)24-26-28/h4-7,12-14H,8-11H2,1-3H3. The molecule has 0 N–H and O–H groups in total. The molecule has 160 valence electrons. The predicted molar refractivity (Wildman–Crippen MR) is 117 cm³/mol. The molecule has 2 aromatic heterocycles. The molecule has 1 aliphatic rings. The number of rotatable bonds is 5. The summed E-state index contributed by atoms with van der Waals surface area (Å²) < 4.78 is 18.7. The van der Waals surface area contributed by atoms with Crippen molar-refractivity contribution in [3.8, 4) is 17.2 Å². The lowest BCUT2D eigenvalue weighted by molar-refractivity contribution is 0.327. The van der Waals surface area contributed by atoms with Crippen LogP contribution in [0.15, 0.2) is 36.5 Å². The molecule has 0 aliphatic carbocycles. The first kappa shape index (κ1) is 19.3. The molecule has 1 aliphatic heterocycles. The van der Waals surface area contributed by atoms with Gasteiger partial charge in [0.25, 0.3) is 0 Å². The lowest BCUT2D eigenvalue weighted by Gasteiger charge is -2.33. The van der Waals surface area contributed by atoms with Crippen LogP contribution in [0.3, 0.4) is 0 Å². The average molecular weight is 420 g/mol. The first-order valence-electron chi connectivity index (χ1n) is 10.2. The highest BCUT2D eigenvalue weighted by atomic mass is 16.5. The zero-order valence-corrected chi connectivity index (χ0v) is 17.8. The summed E-state index contributed by atoms with van der Waals surface area (Å²) in [4.78, 5) is 2.26. The Balaban J connectivity index is 1.47. The van der Waals surface area contributed by atoms with E-state index in [1.165, 1.54) is 0 Å². The van der Waals surface area contributed by atoms with E-state index in [2.05, 4.69) is 36.2 Å². The predicted octanol–water partition coefficient (Wildman–Crippen LogP) is 3.24. The smallest absolute Gasteiger partial charge is 0.204 e. The van der Waals surface area contributed by atoms with Crippen molar-refractivity contribution < 1.29 is 14.2 Å². The minimum Gasteiger partial charge on any atom is -0.493 e. The highest BCUT2D eigenvalue weighted by Gasteiger charge is 2.26. The SMILES string of the molecule is COc1cc2c(N3CCC(n4nnc5ccccc54)CC3)nncc2c(OC)c1OC. The van der Waals surface area contributed by atoms with Crippen LogP contribution in [-0.4, -0.2) is 59.6 Å². The third-order valence-electron chi connectivity index (χ3n) is 5.94. The number of fused-ring (bicyclic) bond motifs is 2. The monoisotopic (exact) mass is 420 g/mol. The van der Waals surface area contributed by atoms with Crippen LogP contribution in [0.1, 0.15) is 18.9 Å². The van der Waals surface area contributed by atoms with Gasteiger partial charge >= 0.3 is 0 Å². The van der Waals surface area contributed by atoms with Gasteiger partial charge in [-0.3, -0.25) is 0 Å². The van der Waals surface area contributed by atoms with E-state index in [1.807, 2.05) is 24.3 Å². The van der Waals surface area contributed by atoms with Crippen LogP contribution in [0.2, 0.25) is 0 Å². The van der Waals surface area contributed by atoms with Crippen molar-refractivity contribution in [2.45, 2.75) is 18.9 Å². The zero-order chi connectivity index (χ0) is 21.4. The number of nitrogens with zero attached hydrogens (tertiary/aromatic N) is 6. The first-order valence-corrected chi connectivity index (χ1v) is 10.2. The van der Waals surface area contributed by atoms with Crippen molar-refractivity contribution in [3.63, 3.8) is 0 Å². The lowest BCUT2D eigenvalue weighted by atomic mass is 10.0. The van der Waals surface area contributed by atoms with E-state index in [4.69, 9.17) is 14.2 Å². The quantitative estimate of drug-likeness (QED) is 0.486. The van der Waals surface area contributed by atoms with Gasteiger partial charge in [-0.1, -0.05) is 17.3 Å². The molecule has 9 heteroatoms. The maximum atomic E-state index is 5.63. The van der Waals surface area contributed by atoms with E-state index >= 15 is 0 Å². The van der Waals surface area contributed by atoms with Crippen molar-refractivity contribution in [2.75, 3.05) is 39.3 Å². The fraction of sp³-hybridized carbons (Fsp3) is 0.364. The summed E-state index contributed by atoms with van der Waals surface area (Å²) >= 11 is 0. The van der Waals surface area contributed by atoms with E-state index in [-0.39, 0.29) is 0 Å². The van der Waals surface area contributed by atoms with Crippen molar-refractivity contribution in [1.29, 1.82) is 0 Å². The van der Waals surface area contributed by atoms with E-state index in [0.29, 0.717) is 23.3 Å². The highest BCUT2D eigenvalue weighted by Crippen LogP contribution is 2.45. The molecular formula is C22H24N6O3. The molecule has 2 aromatic carbocycles. The first-order chi connectivity index (χ1) is 15.2. The fourth-order valence-corrected chi connectivity index (χ4v) is 4.40. The number of ether oxygens (including phenoxy) is 3. The number of para-hydroxylation sites is 1. The van der Waals surface area contributed by atoms with Gasteiger partial charge in [0.05, 0.1) is 44.5 Å². The Hall–Kier alpha value is -3.62. The Morgan fingerprint density at radius 3 is 2.42 bits per heavy atom. The normalized spacial score (nSPS) is 14.9. The van der Waals surface area contributed by atoms with E-state index in [1.54, 1.807) is 27.5 Å². The van der Waals surface area contributed by atoms with E-state index in [9.17, 15) is 0 Å². The number of piperidine rings is 1. The molecule has 1 saturated heterocycles. The second-order valence-corrected chi connectivity index (χ2v) is 7.52. The molecule has 0 spiro atoms. The second kappa shape index (κ2) is 7.90. The topological polar surface area (TPSA) is 87.4 Å². The van der Waals surface area contributed by atoms with Crippen LogP contribution in [0, 0.1) is 0 Å². The molecule has 0 saturated carbocycles. The molecule has 0 radical (unpaired) electrons. The summed E-state index contributed by atoms with van der Waals surface area (Å²) in [5.41, 5.74) is 2.01. The van der Waals surface area contributed by atoms with Crippen molar-refractivity contribution >= 4 is 27.6 Å². The molecule has 0 amide bonds. The summed E-state index contributed by atoms with van der Waals surface area (Å²) in [6.07, 6.45) is 3.58. The summed E-state index contributed by atoms with van der Waals surface area (Å²) in [6.45, 7) is 1.67. The minimum absolute atomic E-state index is 0.302. The van der Waals surface area contributed by atoms with E-state index < -0.39 is 0 Å². The molecule has 4 aromatic rings. The maximum Gasteiger partial charge on any atom is 0.204 e. The number of anilines is 1. The summed E-state index contributed by atoms with van der Waals surface area (Å²) in [5, 5.41) is 19.2. The van der Waals surface area contributed by atoms with Crippen LogP contribution in [0.4, 0.5) is 5.82 Å². The Bertz CT molecular complexity index is 1230. The van der Waals surface area contributed by atoms with Gasteiger partial charge in [0.2, 0.25) is 5.75 Å². The molecule has 31 heavy (non-hydrogen) atoms. The summed E-state index contributed by atoms with van der Waals surface area (Å²) in [6, 6.07) is 10.3. The van der Waals surface area contributed by atoms with Crippen molar-refractivity contribution in [1.82, 2.24) is 25.2 Å². The van der Waals surface area contributed by atoms with Gasteiger partial charge in [-0.2, -0.15) is 5.10 Å². The van der Waals surface area contributed by atoms with Gasteiger partial charge in [-0.15, -0.1) is 10.2 Å². The van der Waals surface area contributed by atoms with Crippen LogP contribution in [0.25, 0.3) is 21.8 Å². The number of hydrogen-bond donors (Lipinski definition) is 0. The lowest BCUT2D eigenvalue weighted by Crippen LogP contribution is -2.35. The highest BCUT2D eigenvalue weighted by molar-refractivity contribution is 5.99. The molecule has 0 atom stereocenters. The van der Waals surface area contributed by atoms with Gasteiger partial charge < -0.3 is 19.1 Å². The van der Waals surface area contributed by atoms with Crippen LogP contribution >= 0.6 is 0 Å². The molecule has 9 nitrogen and oxygen atoms in total. The third kappa shape index (κ3) is 3.17. The van der Waals surface area contributed by atoms with E-state index in [0.717, 1.165) is 53.6 Å². The van der Waals surface area contributed by atoms with Crippen LogP contribution < -0.4 is 19.1 Å².